The maximum atomic E-state index is 6.10. The molecule has 2 aromatic heterocycles. The van der Waals surface area contributed by atoms with Crippen molar-refractivity contribution in [3.63, 3.8) is 0 Å². The topological polar surface area (TPSA) is 50.5 Å². The van der Waals surface area contributed by atoms with E-state index in [0.29, 0.717) is 34.7 Å². The fraction of sp³-hybridized carbons (Fsp3) is 0.158. The zero-order chi connectivity index (χ0) is 18.4. The van der Waals surface area contributed by atoms with Crippen molar-refractivity contribution in [2.75, 3.05) is 12.4 Å². The predicted octanol–water partition coefficient (Wildman–Crippen LogP) is 4.74. The number of furan rings is 1. The van der Waals surface area contributed by atoms with Crippen molar-refractivity contribution in [1.82, 2.24) is 9.88 Å². The van der Waals surface area contributed by atoms with Crippen molar-refractivity contribution < 1.29 is 9.15 Å². The van der Waals surface area contributed by atoms with Gasteiger partial charge in [-0.15, -0.1) is 0 Å². The second kappa shape index (κ2) is 8.69. The summed E-state index contributed by atoms with van der Waals surface area (Å²) in [5.74, 6) is 1.47. The van der Waals surface area contributed by atoms with Crippen LogP contribution in [0.4, 0.5) is 5.69 Å². The summed E-state index contributed by atoms with van der Waals surface area (Å²) in [6, 6.07) is 14.9. The van der Waals surface area contributed by atoms with E-state index in [4.69, 9.17) is 33.0 Å². The van der Waals surface area contributed by atoms with Gasteiger partial charge >= 0.3 is 0 Å². The Morgan fingerprint density at radius 1 is 1.23 bits per heavy atom. The Bertz CT molecular complexity index is 856. The van der Waals surface area contributed by atoms with Crippen molar-refractivity contribution in [2.45, 2.75) is 13.1 Å². The molecule has 0 spiro atoms. The van der Waals surface area contributed by atoms with Crippen LogP contribution in [0, 0.1) is 0 Å². The van der Waals surface area contributed by atoms with Gasteiger partial charge in [-0.25, -0.2) is 0 Å². The lowest BCUT2D eigenvalue weighted by Gasteiger charge is -2.25. The van der Waals surface area contributed by atoms with Crippen LogP contribution in [0.1, 0.15) is 11.5 Å². The van der Waals surface area contributed by atoms with Crippen LogP contribution >= 0.6 is 23.8 Å². The number of aromatic nitrogens is 1. The van der Waals surface area contributed by atoms with Gasteiger partial charge in [-0.1, -0.05) is 17.7 Å². The van der Waals surface area contributed by atoms with Crippen LogP contribution in [0.5, 0.6) is 5.75 Å². The first-order chi connectivity index (χ1) is 12.7. The third-order valence-corrected chi connectivity index (χ3v) is 4.29. The molecular formula is C19H18ClN3O2S. The van der Waals surface area contributed by atoms with E-state index in [1.165, 1.54) is 0 Å². The first kappa shape index (κ1) is 18.2. The van der Waals surface area contributed by atoms with Crippen LogP contribution in [-0.2, 0) is 13.1 Å². The predicted molar refractivity (Wildman–Crippen MR) is 106 cm³/mol. The molecule has 7 heteroatoms. The molecule has 134 valence electrons. The Morgan fingerprint density at radius 3 is 2.81 bits per heavy atom. The summed E-state index contributed by atoms with van der Waals surface area (Å²) in [5.41, 5.74) is 1.61. The minimum Gasteiger partial charge on any atom is -0.495 e. The molecule has 0 amide bonds. The first-order valence-electron chi connectivity index (χ1n) is 7.97. The number of rotatable bonds is 6. The Hall–Kier alpha value is -2.57. The number of pyridine rings is 1. The summed E-state index contributed by atoms with van der Waals surface area (Å²) in [6.07, 6.45) is 3.40. The normalized spacial score (nSPS) is 10.4. The minimum absolute atomic E-state index is 0.512. The van der Waals surface area contributed by atoms with Gasteiger partial charge in [0, 0.05) is 11.2 Å². The average molecular weight is 388 g/mol. The third-order valence-electron chi connectivity index (χ3n) is 3.70. The summed E-state index contributed by atoms with van der Waals surface area (Å²) in [4.78, 5) is 6.35. The number of hydrogen-bond donors (Lipinski definition) is 1. The molecule has 0 saturated carbocycles. The van der Waals surface area contributed by atoms with Gasteiger partial charge < -0.3 is 19.4 Å². The highest BCUT2D eigenvalue weighted by Crippen LogP contribution is 2.28. The summed E-state index contributed by atoms with van der Waals surface area (Å²) in [6.45, 7) is 1.05. The quantitative estimate of drug-likeness (QED) is 0.617. The number of methoxy groups -OCH3 is 1. The van der Waals surface area contributed by atoms with Crippen molar-refractivity contribution in [2.24, 2.45) is 0 Å². The maximum absolute atomic E-state index is 6.10. The zero-order valence-corrected chi connectivity index (χ0v) is 15.8. The number of nitrogens with zero attached hydrogens (tertiary/aromatic N) is 2. The molecule has 5 nitrogen and oxygen atoms in total. The van der Waals surface area contributed by atoms with E-state index in [1.54, 1.807) is 37.8 Å². The molecule has 1 N–H and O–H groups in total. The highest BCUT2D eigenvalue weighted by molar-refractivity contribution is 7.80. The number of halogens is 1. The van der Waals surface area contributed by atoms with Gasteiger partial charge in [0.15, 0.2) is 5.11 Å². The SMILES string of the molecule is COc1ccc(Cl)cc1NC(=S)N(Cc1ccccn1)Cc1ccco1. The number of nitrogens with one attached hydrogen (secondary N) is 1. The van der Waals surface area contributed by atoms with Gasteiger partial charge in [0.25, 0.3) is 0 Å². The fourth-order valence-corrected chi connectivity index (χ4v) is 2.86. The van der Waals surface area contributed by atoms with Crippen LogP contribution in [0.3, 0.4) is 0 Å². The number of hydrogen-bond acceptors (Lipinski definition) is 4. The molecule has 0 saturated heterocycles. The molecule has 3 rings (SSSR count). The molecule has 3 aromatic rings. The van der Waals surface area contributed by atoms with Crippen LogP contribution in [0.2, 0.25) is 5.02 Å². The van der Waals surface area contributed by atoms with E-state index < -0.39 is 0 Å². The highest BCUT2D eigenvalue weighted by Gasteiger charge is 2.15. The highest BCUT2D eigenvalue weighted by atomic mass is 35.5. The summed E-state index contributed by atoms with van der Waals surface area (Å²) in [5, 5.41) is 4.33. The molecule has 0 bridgehead atoms. The smallest absolute Gasteiger partial charge is 0.174 e. The largest absolute Gasteiger partial charge is 0.495 e. The minimum atomic E-state index is 0.512. The van der Waals surface area contributed by atoms with Gasteiger partial charge in [-0.05, 0) is 54.7 Å². The van der Waals surface area contributed by atoms with E-state index in [2.05, 4.69) is 10.3 Å². The van der Waals surface area contributed by atoms with Gasteiger partial charge in [0.1, 0.15) is 11.5 Å². The Kier molecular flexibility index (Phi) is 6.09. The van der Waals surface area contributed by atoms with Crippen molar-refractivity contribution in [1.29, 1.82) is 0 Å². The molecule has 2 heterocycles. The number of benzene rings is 1. The van der Waals surface area contributed by atoms with Crippen LogP contribution < -0.4 is 10.1 Å². The van der Waals surface area contributed by atoms with E-state index >= 15 is 0 Å². The van der Waals surface area contributed by atoms with E-state index in [9.17, 15) is 0 Å². The molecule has 1 aromatic carbocycles. The molecule has 0 unspecified atom stereocenters. The molecule has 0 aliphatic carbocycles. The Labute approximate surface area is 162 Å². The molecular weight excluding hydrogens is 370 g/mol. The molecule has 0 aliphatic heterocycles. The lowest BCUT2D eigenvalue weighted by molar-refractivity contribution is 0.356. The van der Waals surface area contributed by atoms with Crippen molar-refractivity contribution in [3.05, 3.63) is 77.5 Å². The molecule has 0 fully saturated rings. The molecule has 26 heavy (non-hydrogen) atoms. The average Bonchev–Trinajstić information content (AvgIpc) is 3.15. The second-order valence-electron chi connectivity index (χ2n) is 5.53. The number of ether oxygens (including phenoxy) is 1. The summed E-state index contributed by atoms with van der Waals surface area (Å²) < 4.78 is 10.8. The fourth-order valence-electron chi connectivity index (χ4n) is 2.45. The number of thiocarbonyl (C=S) groups is 1. The van der Waals surface area contributed by atoms with Gasteiger partial charge in [0.2, 0.25) is 0 Å². The molecule has 0 aliphatic rings. The van der Waals surface area contributed by atoms with Crippen molar-refractivity contribution >= 4 is 34.6 Å². The van der Waals surface area contributed by atoms with Crippen LogP contribution in [-0.4, -0.2) is 22.1 Å². The van der Waals surface area contributed by atoms with E-state index in [0.717, 1.165) is 11.5 Å². The Balaban J connectivity index is 1.81. The molecule has 0 radical (unpaired) electrons. The van der Waals surface area contributed by atoms with Crippen molar-refractivity contribution in [3.8, 4) is 5.75 Å². The maximum Gasteiger partial charge on any atom is 0.174 e. The molecule has 0 atom stereocenters. The monoisotopic (exact) mass is 387 g/mol. The van der Waals surface area contributed by atoms with Gasteiger partial charge in [-0.2, -0.15) is 0 Å². The zero-order valence-electron chi connectivity index (χ0n) is 14.2. The lowest BCUT2D eigenvalue weighted by atomic mass is 10.3. The van der Waals surface area contributed by atoms with Crippen LogP contribution in [0.15, 0.2) is 65.4 Å². The first-order valence-corrected chi connectivity index (χ1v) is 8.76. The number of anilines is 1. The summed E-state index contributed by atoms with van der Waals surface area (Å²) >= 11 is 11.7. The van der Waals surface area contributed by atoms with Crippen LogP contribution in [0.25, 0.3) is 0 Å². The van der Waals surface area contributed by atoms with Gasteiger partial charge in [0.05, 0.1) is 37.8 Å². The van der Waals surface area contributed by atoms with E-state index in [1.807, 2.05) is 35.2 Å². The third kappa shape index (κ3) is 4.74. The standard InChI is InChI=1S/C19H18ClN3O2S/c1-24-18-8-7-14(20)11-17(18)22-19(26)23(13-16-6-4-10-25-16)12-15-5-2-3-9-21-15/h2-11H,12-13H2,1H3,(H,22,26). The Morgan fingerprint density at radius 2 is 2.12 bits per heavy atom. The second-order valence-corrected chi connectivity index (χ2v) is 6.35. The lowest BCUT2D eigenvalue weighted by Crippen LogP contribution is -2.34. The van der Waals surface area contributed by atoms with E-state index in [-0.39, 0.29) is 0 Å². The van der Waals surface area contributed by atoms with Gasteiger partial charge in [-0.3, -0.25) is 4.98 Å². The summed E-state index contributed by atoms with van der Waals surface area (Å²) in [7, 11) is 1.60.